The highest BCUT2D eigenvalue weighted by Crippen LogP contribution is 2.26. The van der Waals surface area contributed by atoms with Crippen molar-refractivity contribution in [1.82, 2.24) is 10.2 Å². The molecule has 1 rings (SSSR count). The Labute approximate surface area is 84.7 Å². The molecule has 0 aliphatic heterocycles. The van der Waals surface area contributed by atoms with Crippen molar-refractivity contribution in [2.45, 2.75) is 45.7 Å². The lowest BCUT2D eigenvalue weighted by Gasteiger charge is -2.20. The van der Waals surface area contributed by atoms with Crippen LogP contribution in [0, 0.1) is 0 Å². The van der Waals surface area contributed by atoms with Crippen LogP contribution >= 0.6 is 0 Å². The van der Waals surface area contributed by atoms with Gasteiger partial charge in [-0.1, -0.05) is 0 Å². The second kappa shape index (κ2) is 4.44. The first kappa shape index (κ1) is 11.0. The van der Waals surface area contributed by atoms with Crippen LogP contribution in [0.2, 0.25) is 0 Å². The van der Waals surface area contributed by atoms with Crippen molar-refractivity contribution >= 4 is 11.8 Å². The second-order valence-electron chi connectivity index (χ2n) is 4.10. The van der Waals surface area contributed by atoms with Crippen LogP contribution in [-0.4, -0.2) is 35.3 Å². The van der Waals surface area contributed by atoms with E-state index in [1.54, 1.807) is 4.90 Å². The SMILES string of the molecule is CC(=O)N(CC(=O)NC(C)C)C1CC1. The Balaban J connectivity index is 2.39. The third-order valence-corrected chi connectivity index (χ3v) is 2.16. The Hall–Kier alpha value is -1.06. The highest BCUT2D eigenvalue weighted by molar-refractivity contribution is 5.84. The summed E-state index contributed by atoms with van der Waals surface area (Å²) in [7, 11) is 0. The van der Waals surface area contributed by atoms with Gasteiger partial charge in [-0.2, -0.15) is 0 Å². The monoisotopic (exact) mass is 198 g/mol. The molecule has 2 amide bonds. The maximum atomic E-state index is 11.4. The summed E-state index contributed by atoms with van der Waals surface area (Å²) in [5.74, 6) is -0.0755. The number of rotatable bonds is 4. The molecule has 0 aromatic heterocycles. The van der Waals surface area contributed by atoms with Crippen molar-refractivity contribution in [1.29, 1.82) is 0 Å². The van der Waals surface area contributed by atoms with E-state index in [4.69, 9.17) is 0 Å². The first-order chi connectivity index (χ1) is 6.50. The van der Waals surface area contributed by atoms with E-state index in [0.29, 0.717) is 6.04 Å². The average Bonchev–Trinajstić information content (AvgIpc) is 2.80. The van der Waals surface area contributed by atoms with Crippen LogP contribution in [0.25, 0.3) is 0 Å². The lowest BCUT2D eigenvalue weighted by molar-refractivity contribution is -0.135. The fourth-order valence-electron chi connectivity index (χ4n) is 1.41. The van der Waals surface area contributed by atoms with E-state index in [1.165, 1.54) is 6.92 Å². The Kier molecular flexibility index (Phi) is 3.49. The number of hydrogen-bond acceptors (Lipinski definition) is 2. The van der Waals surface area contributed by atoms with Gasteiger partial charge in [0.2, 0.25) is 11.8 Å². The van der Waals surface area contributed by atoms with Crippen LogP contribution < -0.4 is 5.32 Å². The molecule has 1 aliphatic rings. The molecule has 0 heterocycles. The van der Waals surface area contributed by atoms with Gasteiger partial charge in [-0.3, -0.25) is 9.59 Å². The van der Waals surface area contributed by atoms with Crippen molar-refractivity contribution < 1.29 is 9.59 Å². The molecular formula is C10H18N2O2. The number of nitrogens with zero attached hydrogens (tertiary/aromatic N) is 1. The minimum Gasteiger partial charge on any atom is -0.352 e. The molecule has 0 saturated heterocycles. The van der Waals surface area contributed by atoms with Crippen LogP contribution in [0.15, 0.2) is 0 Å². The molecule has 4 heteroatoms. The third kappa shape index (κ3) is 3.36. The lowest BCUT2D eigenvalue weighted by atomic mass is 10.3. The second-order valence-corrected chi connectivity index (χ2v) is 4.10. The molecule has 1 fully saturated rings. The number of hydrogen-bond donors (Lipinski definition) is 1. The Bertz CT molecular complexity index is 234. The summed E-state index contributed by atoms with van der Waals surface area (Å²) in [5.41, 5.74) is 0. The molecule has 0 spiro atoms. The molecule has 0 bridgehead atoms. The molecule has 0 unspecified atom stereocenters. The summed E-state index contributed by atoms with van der Waals surface area (Å²) in [4.78, 5) is 24.2. The number of nitrogens with one attached hydrogen (secondary N) is 1. The predicted octanol–water partition coefficient (Wildman–Crippen LogP) is 0.522. The molecule has 0 radical (unpaired) electrons. The fourth-order valence-corrected chi connectivity index (χ4v) is 1.41. The fraction of sp³-hybridized carbons (Fsp3) is 0.800. The molecule has 0 aromatic carbocycles. The average molecular weight is 198 g/mol. The standard InChI is InChI=1S/C10H18N2O2/c1-7(2)11-10(14)6-12(8(3)13)9-4-5-9/h7,9H,4-6H2,1-3H3,(H,11,14). The van der Waals surface area contributed by atoms with Crippen LogP contribution in [0.4, 0.5) is 0 Å². The van der Waals surface area contributed by atoms with Gasteiger partial charge in [0, 0.05) is 19.0 Å². The van der Waals surface area contributed by atoms with Crippen LogP contribution in [0.5, 0.6) is 0 Å². The van der Waals surface area contributed by atoms with Crippen LogP contribution in [0.3, 0.4) is 0 Å². The Morgan fingerprint density at radius 2 is 2.00 bits per heavy atom. The van der Waals surface area contributed by atoms with Gasteiger partial charge in [0.15, 0.2) is 0 Å². The molecule has 1 saturated carbocycles. The van der Waals surface area contributed by atoms with Crippen molar-refractivity contribution in [3.05, 3.63) is 0 Å². The van der Waals surface area contributed by atoms with Gasteiger partial charge < -0.3 is 10.2 Å². The van der Waals surface area contributed by atoms with Gasteiger partial charge in [0.05, 0.1) is 6.54 Å². The first-order valence-electron chi connectivity index (χ1n) is 5.07. The largest absolute Gasteiger partial charge is 0.352 e. The van der Waals surface area contributed by atoms with E-state index in [2.05, 4.69) is 5.32 Å². The van der Waals surface area contributed by atoms with Gasteiger partial charge >= 0.3 is 0 Å². The summed E-state index contributed by atoms with van der Waals surface area (Å²) in [6, 6.07) is 0.445. The van der Waals surface area contributed by atoms with Crippen molar-refractivity contribution in [3.63, 3.8) is 0 Å². The lowest BCUT2D eigenvalue weighted by Crippen LogP contribution is -2.42. The maximum Gasteiger partial charge on any atom is 0.239 e. The van der Waals surface area contributed by atoms with Crippen LogP contribution in [-0.2, 0) is 9.59 Å². The summed E-state index contributed by atoms with van der Waals surface area (Å²) in [6.07, 6.45) is 2.07. The van der Waals surface area contributed by atoms with Gasteiger partial charge in [-0.05, 0) is 26.7 Å². The zero-order chi connectivity index (χ0) is 10.7. The molecule has 0 aromatic rings. The molecule has 14 heavy (non-hydrogen) atoms. The zero-order valence-corrected chi connectivity index (χ0v) is 9.04. The summed E-state index contributed by atoms with van der Waals surface area (Å²) in [5, 5.41) is 2.78. The van der Waals surface area contributed by atoms with E-state index >= 15 is 0 Å². The molecule has 1 N–H and O–H groups in total. The van der Waals surface area contributed by atoms with Crippen molar-refractivity contribution in [2.24, 2.45) is 0 Å². The summed E-state index contributed by atoms with van der Waals surface area (Å²) in [6.45, 7) is 5.54. The smallest absolute Gasteiger partial charge is 0.239 e. The zero-order valence-electron chi connectivity index (χ0n) is 9.04. The molecule has 80 valence electrons. The normalized spacial score (nSPS) is 15.4. The van der Waals surface area contributed by atoms with E-state index in [9.17, 15) is 9.59 Å². The molecule has 1 aliphatic carbocycles. The van der Waals surface area contributed by atoms with E-state index in [0.717, 1.165) is 12.8 Å². The predicted molar refractivity (Wildman–Crippen MR) is 53.7 cm³/mol. The molecule has 0 atom stereocenters. The van der Waals surface area contributed by atoms with E-state index < -0.39 is 0 Å². The van der Waals surface area contributed by atoms with E-state index in [-0.39, 0.29) is 24.4 Å². The number of amides is 2. The number of carbonyl (C=O) groups is 2. The van der Waals surface area contributed by atoms with Gasteiger partial charge in [0.1, 0.15) is 0 Å². The maximum absolute atomic E-state index is 11.4. The Morgan fingerprint density at radius 1 is 1.43 bits per heavy atom. The topological polar surface area (TPSA) is 49.4 Å². The quantitative estimate of drug-likeness (QED) is 0.716. The van der Waals surface area contributed by atoms with E-state index in [1.807, 2.05) is 13.8 Å². The van der Waals surface area contributed by atoms with Crippen LogP contribution in [0.1, 0.15) is 33.6 Å². The third-order valence-electron chi connectivity index (χ3n) is 2.16. The van der Waals surface area contributed by atoms with Gasteiger partial charge in [-0.15, -0.1) is 0 Å². The minimum atomic E-state index is -0.0675. The van der Waals surface area contributed by atoms with Gasteiger partial charge in [0.25, 0.3) is 0 Å². The highest BCUT2D eigenvalue weighted by Gasteiger charge is 2.31. The summed E-state index contributed by atoms with van der Waals surface area (Å²) >= 11 is 0. The van der Waals surface area contributed by atoms with Crippen molar-refractivity contribution in [2.75, 3.05) is 6.54 Å². The first-order valence-corrected chi connectivity index (χ1v) is 5.07. The minimum absolute atomic E-state index is 0.00796. The molecule has 4 nitrogen and oxygen atoms in total. The summed E-state index contributed by atoms with van der Waals surface area (Å²) < 4.78 is 0. The highest BCUT2D eigenvalue weighted by atomic mass is 16.2. The molecular weight excluding hydrogens is 180 g/mol. The Morgan fingerprint density at radius 3 is 2.36 bits per heavy atom. The number of carbonyl (C=O) groups excluding carboxylic acids is 2. The van der Waals surface area contributed by atoms with Gasteiger partial charge in [-0.25, -0.2) is 0 Å². The van der Waals surface area contributed by atoms with Crippen molar-refractivity contribution in [3.8, 4) is 0 Å².